The van der Waals surface area contributed by atoms with Crippen molar-refractivity contribution in [3.8, 4) is 0 Å². The topological polar surface area (TPSA) is 111 Å². The second-order valence-corrected chi connectivity index (χ2v) is 6.28. The maximum atomic E-state index is 12.1. The van der Waals surface area contributed by atoms with Crippen LogP contribution in [0.3, 0.4) is 0 Å². The van der Waals surface area contributed by atoms with Gasteiger partial charge in [-0.05, 0) is 24.6 Å². The summed E-state index contributed by atoms with van der Waals surface area (Å²) in [4.78, 5) is 3.82. The molecule has 1 aromatic heterocycles. The van der Waals surface area contributed by atoms with E-state index in [1.54, 1.807) is 6.92 Å². The van der Waals surface area contributed by atoms with Crippen LogP contribution in [0.2, 0.25) is 5.02 Å². The van der Waals surface area contributed by atoms with Crippen LogP contribution < -0.4 is 10.5 Å². The Balaban J connectivity index is 2.10. The molecule has 3 N–H and O–H groups in total. The van der Waals surface area contributed by atoms with E-state index in [1.807, 2.05) is 0 Å². The lowest BCUT2D eigenvalue weighted by molar-refractivity contribution is 0.377. The van der Waals surface area contributed by atoms with Gasteiger partial charge >= 0.3 is 0 Å². The molecule has 0 atom stereocenters. The Morgan fingerprint density at radius 2 is 2.20 bits per heavy atom. The predicted molar refractivity (Wildman–Crippen MR) is 73.8 cm³/mol. The van der Waals surface area contributed by atoms with Gasteiger partial charge in [-0.2, -0.15) is 4.98 Å². The lowest BCUT2D eigenvalue weighted by Gasteiger charge is -2.09. The summed E-state index contributed by atoms with van der Waals surface area (Å²) in [6.45, 7) is 1.85. The second kappa shape index (κ2) is 5.78. The van der Waals surface area contributed by atoms with E-state index in [1.165, 1.54) is 18.5 Å². The van der Waals surface area contributed by atoms with Gasteiger partial charge in [-0.15, -0.1) is 0 Å². The summed E-state index contributed by atoms with van der Waals surface area (Å²) in [5, 5.41) is 3.74. The summed E-state index contributed by atoms with van der Waals surface area (Å²) in [5.74, 6) is 0.356. The molecule has 1 heterocycles. The highest BCUT2D eigenvalue weighted by atomic mass is 35.5. The van der Waals surface area contributed by atoms with Gasteiger partial charge in [0.05, 0.1) is 4.90 Å². The van der Waals surface area contributed by atoms with Gasteiger partial charge in [-0.3, -0.25) is 0 Å². The fraction of sp³-hybridized carbons (Fsp3) is 0.273. The van der Waals surface area contributed by atoms with Gasteiger partial charge in [-0.1, -0.05) is 16.8 Å². The van der Waals surface area contributed by atoms with Gasteiger partial charge in [0.2, 0.25) is 15.9 Å². The molecule has 0 saturated carbocycles. The zero-order chi connectivity index (χ0) is 14.8. The van der Waals surface area contributed by atoms with Crippen LogP contribution in [-0.2, 0) is 16.4 Å². The minimum Gasteiger partial charge on any atom is -0.398 e. The van der Waals surface area contributed by atoms with Crippen LogP contribution in [0.25, 0.3) is 0 Å². The van der Waals surface area contributed by atoms with Crippen molar-refractivity contribution in [2.75, 3.05) is 12.3 Å². The summed E-state index contributed by atoms with van der Waals surface area (Å²) in [6, 6.07) is 2.73. The standard InChI is InChI=1S/C11H13ClN4O3S/c1-7-9(12)4-8(5-10(7)13)20(17,18)16-3-2-11-14-6-15-19-11/h4-6,16H,2-3,13H2,1H3. The molecule has 0 radical (unpaired) electrons. The molecule has 0 aliphatic heterocycles. The average Bonchev–Trinajstić information content (AvgIpc) is 2.88. The number of rotatable bonds is 5. The predicted octanol–water partition coefficient (Wildman–Crippen LogP) is 1.13. The molecule has 0 spiro atoms. The Morgan fingerprint density at radius 1 is 1.45 bits per heavy atom. The molecule has 0 saturated heterocycles. The summed E-state index contributed by atoms with van der Waals surface area (Å²) in [6.07, 6.45) is 1.55. The molecule has 2 aromatic rings. The molecule has 108 valence electrons. The molecule has 9 heteroatoms. The van der Waals surface area contributed by atoms with Gasteiger partial charge in [-0.25, -0.2) is 13.1 Å². The van der Waals surface area contributed by atoms with Crippen molar-refractivity contribution < 1.29 is 12.9 Å². The molecule has 0 amide bonds. The highest BCUT2D eigenvalue weighted by Gasteiger charge is 2.16. The normalized spacial score (nSPS) is 11.7. The molecular formula is C11H13ClN4O3S. The van der Waals surface area contributed by atoms with Crippen LogP contribution >= 0.6 is 11.6 Å². The number of nitrogens with two attached hydrogens (primary N) is 1. The number of hydrogen-bond donors (Lipinski definition) is 2. The van der Waals surface area contributed by atoms with E-state index in [-0.39, 0.29) is 11.4 Å². The van der Waals surface area contributed by atoms with Crippen LogP contribution in [0.5, 0.6) is 0 Å². The van der Waals surface area contributed by atoms with E-state index in [2.05, 4.69) is 14.9 Å². The van der Waals surface area contributed by atoms with E-state index >= 15 is 0 Å². The smallest absolute Gasteiger partial charge is 0.240 e. The molecule has 1 aromatic carbocycles. The number of benzene rings is 1. The molecule has 0 unspecified atom stereocenters. The van der Waals surface area contributed by atoms with Crippen LogP contribution in [-0.4, -0.2) is 25.1 Å². The summed E-state index contributed by atoms with van der Waals surface area (Å²) in [5.41, 5.74) is 6.69. The number of nitrogens with one attached hydrogen (secondary N) is 1. The first-order valence-corrected chi connectivity index (χ1v) is 7.57. The fourth-order valence-electron chi connectivity index (χ4n) is 1.51. The SMILES string of the molecule is Cc1c(N)cc(S(=O)(=O)NCCc2ncno2)cc1Cl. The molecule has 7 nitrogen and oxygen atoms in total. The Labute approximate surface area is 121 Å². The highest BCUT2D eigenvalue weighted by Crippen LogP contribution is 2.25. The van der Waals surface area contributed by atoms with Crippen LogP contribution in [0.15, 0.2) is 27.9 Å². The third-order valence-corrected chi connectivity index (χ3v) is 4.54. The van der Waals surface area contributed by atoms with Crippen molar-refractivity contribution >= 4 is 27.3 Å². The molecule has 2 rings (SSSR count). The van der Waals surface area contributed by atoms with Gasteiger partial charge in [0.25, 0.3) is 0 Å². The van der Waals surface area contributed by atoms with Crippen molar-refractivity contribution in [1.29, 1.82) is 0 Å². The summed E-state index contributed by atoms with van der Waals surface area (Å²) < 4.78 is 31.4. The zero-order valence-electron chi connectivity index (χ0n) is 10.6. The third kappa shape index (κ3) is 3.27. The number of anilines is 1. The number of nitrogen functional groups attached to an aromatic ring is 1. The van der Waals surface area contributed by atoms with Gasteiger partial charge in [0.15, 0.2) is 6.33 Å². The number of halogens is 1. The lowest BCUT2D eigenvalue weighted by Crippen LogP contribution is -2.26. The van der Waals surface area contributed by atoms with Crippen molar-refractivity contribution in [3.05, 3.63) is 34.9 Å². The maximum Gasteiger partial charge on any atom is 0.240 e. The molecule has 0 aliphatic rings. The van der Waals surface area contributed by atoms with E-state index in [4.69, 9.17) is 21.9 Å². The summed E-state index contributed by atoms with van der Waals surface area (Å²) >= 11 is 5.93. The average molecular weight is 317 g/mol. The van der Waals surface area contributed by atoms with E-state index < -0.39 is 10.0 Å². The van der Waals surface area contributed by atoms with E-state index in [0.717, 1.165) is 0 Å². The van der Waals surface area contributed by atoms with Crippen LogP contribution in [0.4, 0.5) is 5.69 Å². The van der Waals surface area contributed by atoms with Crippen LogP contribution in [0.1, 0.15) is 11.5 Å². The monoisotopic (exact) mass is 316 g/mol. The molecule has 0 aliphatic carbocycles. The summed E-state index contributed by atoms with van der Waals surface area (Å²) in [7, 11) is -3.68. The first-order valence-electron chi connectivity index (χ1n) is 5.71. The quantitative estimate of drug-likeness (QED) is 0.800. The van der Waals surface area contributed by atoms with Crippen LogP contribution in [0, 0.1) is 6.92 Å². The maximum absolute atomic E-state index is 12.1. The number of aromatic nitrogens is 2. The second-order valence-electron chi connectivity index (χ2n) is 4.10. The first-order chi connectivity index (χ1) is 9.40. The molecular weight excluding hydrogens is 304 g/mol. The number of nitrogens with zero attached hydrogens (tertiary/aromatic N) is 2. The Morgan fingerprint density at radius 3 is 2.80 bits per heavy atom. The molecule has 0 bridgehead atoms. The van der Waals surface area contributed by atoms with E-state index in [9.17, 15) is 8.42 Å². The third-order valence-electron chi connectivity index (χ3n) is 2.71. The van der Waals surface area contributed by atoms with Gasteiger partial charge in [0.1, 0.15) is 0 Å². The van der Waals surface area contributed by atoms with Crippen molar-refractivity contribution in [3.63, 3.8) is 0 Å². The van der Waals surface area contributed by atoms with Crippen molar-refractivity contribution in [1.82, 2.24) is 14.9 Å². The van der Waals surface area contributed by atoms with Gasteiger partial charge < -0.3 is 10.3 Å². The Hall–Kier alpha value is -1.64. The minimum atomic E-state index is -3.68. The van der Waals surface area contributed by atoms with Gasteiger partial charge in [0, 0.05) is 23.7 Å². The lowest BCUT2D eigenvalue weighted by atomic mass is 10.2. The zero-order valence-corrected chi connectivity index (χ0v) is 12.2. The minimum absolute atomic E-state index is 0.0242. The van der Waals surface area contributed by atoms with Crippen molar-refractivity contribution in [2.45, 2.75) is 18.2 Å². The fourth-order valence-corrected chi connectivity index (χ4v) is 2.90. The molecule has 0 fully saturated rings. The van der Waals surface area contributed by atoms with E-state index in [0.29, 0.717) is 28.6 Å². The first kappa shape index (κ1) is 14.8. The Bertz CT molecular complexity index is 677. The highest BCUT2D eigenvalue weighted by molar-refractivity contribution is 7.89. The molecule has 20 heavy (non-hydrogen) atoms. The largest absolute Gasteiger partial charge is 0.398 e. The number of sulfonamides is 1. The number of hydrogen-bond acceptors (Lipinski definition) is 6. The van der Waals surface area contributed by atoms with Crippen molar-refractivity contribution in [2.24, 2.45) is 0 Å². The Kier molecular flexibility index (Phi) is 4.26.